The van der Waals surface area contributed by atoms with Gasteiger partial charge in [-0.05, 0) is 31.5 Å². The summed E-state index contributed by atoms with van der Waals surface area (Å²) in [7, 11) is 0. The van der Waals surface area contributed by atoms with Crippen LogP contribution in [0.1, 0.15) is 41.6 Å². The number of fused-ring (bicyclic) bond motifs is 1. The van der Waals surface area contributed by atoms with Crippen LogP contribution in [0.15, 0.2) is 18.2 Å². The van der Waals surface area contributed by atoms with E-state index < -0.39 is 24.1 Å². The van der Waals surface area contributed by atoms with Gasteiger partial charge in [0.25, 0.3) is 5.91 Å². The van der Waals surface area contributed by atoms with Gasteiger partial charge in [-0.1, -0.05) is 6.07 Å². The molecule has 2 heterocycles. The number of hydrogen-bond acceptors (Lipinski definition) is 6. The number of rotatable bonds is 5. The van der Waals surface area contributed by atoms with Crippen molar-refractivity contribution < 1.29 is 42.3 Å². The van der Waals surface area contributed by atoms with Crippen LogP contribution in [0, 0.1) is 0 Å². The number of carboxylic acid groups (broad SMARTS) is 1. The summed E-state index contributed by atoms with van der Waals surface area (Å²) in [5.41, 5.74) is 7.15. The number of carbonyl (C=O) groups excluding carboxylic acids is 4. The van der Waals surface area contributed by atoms with Crippen LogP contribution in [-0.2, 0) is 25.7 Å². The monoisotopic (exact) mass is 458 g/mol. The van der Waals surface area contributed by atoms with E-state index in [2.05, 4.69) is 10.6 Å². The largest absolute Gasteiger partial charge is 0.490 e. The Morgan fingerprint density at radius 1 is 1.25 bits per heavy atom. The number of halogens is 3. The van der Waals surface area contributed by atoms with E-state index in [1.165, 1.54) is 4.90 Å². The maximum Gasteiger partial charge on any atom is 0.490 e. The fourth-order valence-corrected chi connectivity index (χ4v) is 3.18. The Morgan fingerprint density at radius 2 is 1.91 bits per heavy atom. The van der Waals surface area contributed by atoms with Gasteiger partial charge in [-0.25, -0.2) is 4.79 Å². The SMILES string of the molecule is NCCCC(=O)Nc1cccc2c1CN(C1CCC(=O)NC1=O)C2=O.O=C(O)C(F)(F)F. The average molecular weight is 458 g/mol. The predicted molar refractivity (Wildman–Crippen MR) is 103 cm³/mol. The molecule has 4 amide bonds. The van der Waals surface area contributed by atoms with Gasteiger partial charge in [-0.15, -0.1) is 0 Å². The third kappa shape index (κ3) is 6.03. The van der Waals surface area contributed by atoms with E-state index in [4.69, 9.17) is 15.6 Å². The highest BCUT2D eigenvalue weighted by molar-refractivity contribution is 6.06. The molecule has 32 heavy (non-hydrogen) atoms. The van der Waals surface area contributed by atoms with Gasteiger partial charge in [0.2, 0.25) is 17.7 Å². The quantitative estimate of drug-likeness (QED) is 0.474. The summed E-state index contributed by atoms with van der Waals surface area (Å²) in [6, 6.07) is 4.45. The number of amides is 4. The number of benzene rings is 1. The maximum atomic E-state index is 12.7. The summed E-state index contributed by atoms with van der Waals surface area (Å²) in [5.74, 6) is -3.95. The van der Waals surface area contributed by atoms with Gasteiger partial charge in [0.15, 0.2) is 0 Å². The van der Waals surface area contributed by atoms with Gasteiger partial charge in [0.1, 0.15) is 6.04 Å². The molecule has 0 aromatic heterocycles. The molecule has 1 aromatic rings. The number of nitrogens with two attached hydrogens (primary N) is 1. The lowest BCUT2D eigenvalue weighted by Crippen LogP contribution is -2.52. The summed E-state index contributed by atoms with van der Waals surface area (Å²) in [4.78, 5) is 58.3. The summed E-state index contributed by atoms with van der Waals surface area (Å²) >= 11 is 0. The number of alkyl halides is 3. The molecule has 0 bridgehead atoms. The maximum absolute atomic E-state index is 12.7. The van der Waals surface area contributed by atoms with Crippen LogP contribution in [0.25, 0.3) is 0 Å². The molecule has 10 nitrogen and oxygen atoms in total. The lowest BCUT2D eigenvalue weighted by molar-refractivity contribution is -0.192. The second-order valence-corrected chi connectivity index (χ2v) is 6.97. The Balaban J connectivity index is 0.000000451. The van der Waals surface area contributed by atoms with E-state index in [-0.39, 0.29) is 30.7 Å². The van der Waals surface area contributed by atoms with Crippen molar-refractivity contribution in [3.05, 3.63) is 29.3 Å². The zero-order chi connectivity index (χ0) is 24.1. The molecule has 5 N–H and O–H groups in total. The van der Waals surface area contributed by atoms with Crippen LogP contribution in [0.4, 0.5) is 18.9 Å². The third-order valence-corrected chi connectivity index (χ3v) is 4.71. The molecule has 1 fully saturated rings. The van der Waals surface area contributed by atoms with Crippen LogP contribution >= 0.6 is 0 Å². The summed E-state index contributed by atoms with van der Waals surface area (Å²) in [5, 5.41) is 12.2. The molecule has 174 valence electrons. The Hall–Kier alpha value is -3.48. The second-order valence-electron chi connectivity index (χ2n) is 6.97. The highest BCUT2D eigenvalue weighted by atomic mass is 19.4. The van der Waals surface area contributed by atoms with Crippen LogP contribution in [-0.4, -0.2) is 58.4 Å². The molecule has 2 aliphatic rings. The molecule has 0 spiro atoms. The van der Waals surface area contributed by atoms with Gasteiger partial charge in [0.05, 0.1) is 0 Å². The zero-order valence-electron chi connectivity index (χ0n) is 16.7. The lowest BCUT2D eigenvalue weighted by Gasteiger charge is -2.29. The van der Waals surface area contributed by atoms with E-state index in [1.807, 2.05) is 0 Å². The molecule has 2 aliphatic heterocycles. The fourth-order valence-electron chi connectivity index (χ4n) is 3.18. The minimum Gasteiger partial charge on any atom is -0.475 e. The van der Waals surface area contributed by atoms with E-state index in [1.54, 1.807) is 18.2 Å². The van der Waals surface area contributed by atoms with Crippen molar-refractivity contribution >= 4 is 35.3 Å². The molecule has 1 saturated heterocycles. The number of carbonyl (C=O) groups is 5. The number of nitrogens with one attached hydrogen (secondary N) is 2. The van der Waals surface area contributed by atoms with Crippen molar-refractivity contribution in [2.75, 3.05) is 11.9 Å². The van der Waals surface area contributed by atoms with Gasteiger partial charge < -0.3 is 21.1 Å². The van der Waals surface area contributed by atoms with Crippen molar-refractivity contribution in [2.45, 2.75) is 44.4 Å². The van der Waals surface area contributed by atoms with Gasteiger partial charge in [-0.3, -0.25) is 24.5 Å². The number of imide groups is 1. The Morgan fingerprint density at radius 3 is 2.47 bits per heavy atom. The van der Waals surface area contributed by atoms with E-state index in [0.29, 0.717) is 42.6 Å². The summed E-state index contributed by atoms with van der Waals surface area (Å²) in [6.45, 7) is 0.663. The van der Waals surface area contributed by atoms with E-state index in [9.17, 15) is 32.3 Å². The third-order valence-electron chi connectivity index (χ3n) is 4.71. The van der Waals surface area contributed by atoms with Crippen LogP contribution in [0.5, 0.6) is 0 Å². The molecule has 0 aliphatic carbocycles. The number of carboxylic acids is 1. The smallest absolute Gasteiger partial charge is 0.475 e. The molecular formula is C19H21F3N4O6. The Kier molecular flexibility index (Phi) is 7.92. The predicted octanol–water partition coefficient (Wildman–Crippen LogP) is 0.758. The minimum absolute atomic E-state index is 0.161. The summed E-state index contributed by atoms with van der Waals surface area (Å²) < 4.78 is 31.7. The molecule has 13 heteroatoms. The Labute approximate surface area is 179 Å². The lowest BCUT2D eigenvalue weighted by atomic mass is 10.0. The van der Waals surface area contributed by atoms with Crippen molar-refractivity contribution in [1.29, 1.82) is 0 Å². The first-order chi connectivity index (χ1) is 15.0. The number of hydrogen-bond donors (Lipinski definition) is 4. The summed E-state index contributed by atoms with van der Waals surface area (Å²) in [6.07, 6.45) is -3.67. The number of anilines is 1. The van der Waals surface area contributed by atoms with Gasteiger partial charge in [-0.2, -0.15) is 13.2 Å². The van der Waals surface area contributed by atoms with Gasteiger partial charge >= 0.3 is 12.1 Å². The van der Waals surface area contributed by atoms with Crippen LogP contribution in [0.3, 0.4) is 0 Å². The second kappa shape index (κ2) is 10.2. The van der Waals surface area contributed by atoms with Crippen molar-refractivity contribution in [1.82, 2.24) is 10.2 Å². The van der Waals surface area contributed by atoms with E-state index in [0.717, 1.165) is 0 Å². The standard InChI is InChI=1S/C17H20N4O4.C2HF3O2/c18-8-2-5-14(22)19-12-4-1-3-10-11(12)9-21(17(10)25)13-6-7-15(23)20-16(13)24;3-2(4,5)1(6)7/h1,3-4,13H,2,5-9,18H2,(H,19,22)(H,20,23,24);(H,6,7). The van der Waals surface area contributed by atoms with Crippen molar-refractivity contribution in [3.8, 4) is 0 Å². The fraction of sp³-hybridized carbons (Fsp3) is 0.421. The van der Waals surface area contributed by atoms with Crippen molar-refractivity contribution in [2.24, 2.45) is 5.73 Å². The van der Waals surface area contributed by atoms with Gasteiger partial charge in [0, 0.05) is 36.2 Å². The molecular weight excluding hydrogens is 437 g/mol. The molecule has 1 atom stereocenters. The zero-order valence-corrected chi connectivity index (χ0v) is 16.7. The van der Waals surface area contributed by atoms with Crippen LogP contribution < -0.4 is 16.4 Å². The molecule has 3 rings (SSSR count). The van der Waals surface area contributed by atoms with Crippen LogP contribution in [0.2, 0.25) is 0 Å². The average Bonchev–Trinajstić information content (AvgIpc) is 3.04. The number of nitrogens with zero attached hydrogens (tertiary/aromatic N) is 1. The number of aliphatic carboxylic acids is 1. The molecule has 1 unspecified atom stereocenters. The highest BCUT2D eigenvalue weighted by Gasteiger charge is 2.40. The minimum atomic E-state index is -5.08. The first kappa shape index (κ1) is 24.8. The number of piperidine rings is 1. The molecule has 0 saturated carbocycles. The first-order valence-corrected chi connectivity index (χ1v) is 9.52. The topological polar surface area (TPSA) is 159 Å². The molecule has 1 aromatic carbocycles. The van der Waals surface area contributed by atoms with Crippen molar-refractivity contribution in [3.63, 3.8) is 0 Å². The Bertz CT molecular complexity index is 934. The molecule has 0 radical (unpaired) electrons. The first-order valence-electron chi connectivity index (χ1n) is 9.52. The highest BCUT2D eigenvalue weighted by Crippen LogP contribution is 2.32. The normalized spacial score (nSPS) is 17.8. The van der Waals surface area contributed by atoms with E-state index >= 15 is 0 Å².